The number of nitrogens with zero attached hydrogens (tertiary/aromatic N) is 4. The fourth-order valence-electron chi connectivity index (χ4n) is 3.13. The van der Waals surface area contributed by atoms with E-state index < -0.39 is 28.8 Å². The van der Waals surface area contributed by atoms with E-state index in [1.54, 1.807) is 24.5 Å². The van der Waals surface area contributed by atoms with Crippen LogP contribution in [0.5, 0.6) is 0 Å². The lowest BCUT2D eigenvalue weighted by molar-refractivity contribution is -0.137. The maximum atomic E-state index is 13.4. The van der Waals surface area contributed by atoms with E-state index >= 15 is 0 Å². The van der Waals surface area contributed by atoms with Crippen LogP contribution in [0.3, 0.4) is 0 Å². The van der Waals surface area contributed by atoms with E-state index in [4.69, 9.17) is 0 Å². The quantitative estimate of drug-likeness (QED) is 0.475. The molecule has 3 heterocycles. The number of pyridine rings is 1. The molecule has 3 aromatic heterocycles. The fourth-order valence-corrected chi connectivity index (χ4v) is 3.88. The van der Waals surface area contributed by atoms with Gasteiger partial charge in [0.1, 0.15) is 5.01 Å². The van der Waals surface area contributed by atoms with Gasteiger partial charge >= 0.3 is 6.18 Å². The van der Waals surface area contributed by atoms with E-state index in [2.05, 4.69) is 20.4 Å². The summed E-state index contributed by atoms with van der Waals surface area (Å²) < 4.78 is 41.3. The topological polar surface area (TPSA) is 89.8 Å². The number of hydrogen-bond acceptors (Lipinski definition) is 6. The Morgan fingerprint density at radius 3 is 2.61 bits per heavy atom. The third kappa shape index (κ3) is 4.82. The van der Waals surface area contributed by atoms with E-state index in [-0.39, 0.29) is 17.9 Å². The minimum atomic E-state index is -4.63. The Bertz CT molecular complexity index is 1370. The Hall–Kier alpha value is -3.86. The normalized spacial score (nSPS) is 11.4. The Kier molecular flexibility index (Phi) is 6.05. The maximum absolute atomic E-state index is 13.4. The first kappa shape index (κ1) is 22.3. The number of hydrogen-bond donors (Lipinski definition) is 1. The molecular formula is C22H16F3N5O2S. The second-order valence-corrected chi connectivity index (χ2v) is 7.91. The van der Waals surface area contributed by atoms with Gasteiger partial charge in [0.05, 0.1) is 23.5 Å². The molecule has 0 aliphatic rings. The highest BCUT2D eigenvalue weighted by molar-refractivity contribution is 7.09. The monoisotopic (exact) mass is 471 g/mol. The van der Waals surface area contributed by atoms with Crippen molar-refractivity contribution in [3.63, 3.8) is 0 Å². The molecule has 0 saturated heterocycles. The number of thiazole rings is 1. The van der Waals surface area contributed by atoms with Gasteiger partial charge in [0.25, 0.3) is 5.91 Å². The van der Waals surface area contributed by atoms with Gasteiger partial charge in [-0.1, -0.05) is 12.1 Å². The summed E-state index contributed by atoms with van der Waals surface area (Å²) >= 11 is 1.32. The summed E-state index contributed by atoms with van der Waals surface area (Å²) in [6.45, 7) is 1.47. The van der Waals surface area contributed by atoms with Crippen LogP contribution in [-0.4, -0.2) is 25.7 Å². The zero-order valence-corrected chi connectivity index (χ0v) is 17.9. The number of aromatic nitrogens is 4. The third-order valence-electron chi connectivity index (χ3n) is 4.69. The second kappa shape index (κ2) is 8.94. The van der Waals surface area contributed by atoms with E-state index in [9.17, 15) is 22.8 Å². The first-order chi connectivity index (χ1) is 15.7. The lowest BCUT2D eigenvalue weighted by Gasteiger charge is -2.16. The Morgan fingerprint density at radius 2 is 1.88 bits per heavy atom. The van der Waals surface area contributed by atoms with E-state index in [0.717, 1.165) is 22.4 Å². The number of rotatable bonds is 5. The molecule has 0 unspecified atom stereocenters. The second-order valence-electron chi connectivity index (χ2n) is 6.97. The summed E-state index contributed by atoms with van der Waals surface area (Å²) in [4.78, 5) is 33.4. The van der Waals surface area contributed by atoms with Crippen molar-refractivity contribution in [3.05, 3.63) is 92.4 Å². The molecule has 0 spiro atoms. The van der Waals surface area contributed by atoms with Crippen LogP contribution >= 0.6 is 11.3 Å². The van der Waals surface area contributed by atoms with Gasteiger partial charge in [0.2, 0.25) is 5.43 Å². The zero-order valence-electron chi connectivity index (χ0n) is 17.1. The largest absolute Gasteiger partial charge is 0.418 e. The molecule has 4 aromatic rings. The lowest BCUT2D eigenvalue weighted by atomic mass is 10.1. The van der Waals surface area contributed by atoms with Crippen molar-refractivity contribution in [2.45, 2.75) is 19.6 Å². The van der Waals surface area contributed by atoms with Crippen molar-refractivity contribution in [3.8, 4) is 16.9 Å². The number of para-hydroxylation sites is 1. The molecule has 0 aliphatic carbocycles. The number of nitrogens with one attached hydrogen (secondary N) is 1. The number of carbonyl (C=O) groups is 1. The fraction of sp³-hybridized carbons (Fsp3) is 0.136. The van der Waals surface area contributed by atoms with Gasteiger partial charge in [-0.3, -0.25) is 14.6 Å². The number of halogens is 3. The van der Waals surface area contributed by atoms with Gasteiger partial charge < -0.3 is 5.32 Å². The number of alkyl halides is 3. The molecule has 1 amide bonds. The summed E-state index contributed by atoms with van der Waals surface area (Å²) in [5.41, 5.74) is -0.669. The maximum Gasteiger partial charge on any atom is 0.418 e. The number of benzene rings is 1. The summed E-state index contributed by atoms with van der Waals surface area (Å²) in [6, 6.07) is 9.50. The van der Waals surface area contributed by atoms with Gasteiger partial charge in [0, 0.05) is 35.1 Å². The van der Waals surface area contributed by atoms with Crippen LogP contribution in [0.2, 0.25) is 0 Å². The molecule has 1 N–H and O–H groups in total. The number of carbonyl (C=O) groups excluding carboxylic acids is 1. The van der Waals surface area contributed by atoms with Gasteiger partial charge in [-0.15, -0.1) is 11.3 Å². The molecule has 1 aromatic carbocycles. The molecule has 0 radical (unpaired) electrons. The Morgan fingerprint density at radius 1 is 1.15 bits per heavy atom. The molecule has 168 valence electrons. The summed E-state index contributed by atoms with van der Waals surface area (Å²) in [5.74, 6) is -0.807. The van der Waals surface area contributed by atoms with Crippen molar-refractivity contribution >= 4 is 17.2 Å². The average molecular weight is 471 g/mol. The SMILES string of the molecule is Cc1cc(=O)c(C(=O)NCc2nc(-c3ccncc3)cs2)nn1-c1ccccc1C(F)(F)F. The van der Waals surface area contributed by atoms with Crippen molar-refractivity contribution < 1.29 is 18.0 Å². The van der Waals surface area contributed by atoms with Crippen LogP contribution in [0.25, 0.3) is 16.9 Å². The van der Waals surface area contributed by atoms with Crippen LogP contribution < -0.4 is 10.7 Å². The Labute approximate surface area is 189 Å². The number of aryl methyl sites for hydroxylation is 1. The molecule has 7 nitrogen and oxygen atoms in total. The molecule has 4 rings (SSSR count). The van der Waals surface area contributed by atoms with Crippen molar-refractivity contribution in [2.24, 2.45) is 0 Å². The minimum Gasteiger partial charge on any atom is -0.344 e. The predicted octanol–water partition coefficient (Wildman–Crippen LogP) is 4.01. The van der Waals surface area contributed by atoms with Crippen LogP contribution in [0, 0.1) is 6.92 Å². The van der Waals surface area contributed by atoms with Crippen molar-refractivity contribution in [1.82, 2.24) is 25.1 Å². The highest BCUT2D eigenvalue weighted by Gasteiger charge is 2.34. The molecule has 33 heavy (non-hydrogen) atoms. The lowest BCUT2D eigenvalue weighted by Crippen LogP contribution is -2.32. The van der Waals surface area contributed by atoms with Crippen LogP contribution in [0.15, 0.2) is 65.0 Å². The zero-order chi connectivity index (χ0) is 23.6. The van der Waals surface area contributed by atoms with Gasteiger partial charge in [-0.25, -0.2) is 9.67 Å². The average Bonchev–Trinajstić information content (AvgIpc) is 3.27. The molecule has 0 aliphatic heterocycles. The van der Waals surface area contributed by atoms with Crippen LogP contribution in [-0.2, 0) is 12.7 Å². The van der Waals surface area contributed by atoms with E-state index in [1.807, 2.05) is 5.38 Å². The smallest absolute Gasteiger partial charge is 0.344 e. The highest BCUT2D eigenvalue weighted by atomic mass is 32.1. The molecular weight excluding hydrogens is 455 g/mol. The third-order valence-corrected chi connectivity index (χ3v) is 5.54. The van der Waals surface area contributed by atoms with Gasteiger partial charge in [0.15, 0.2) is 5.69 Å². The predicted molar refractivity (Wildman–Crippen MR) is 116 cm³/mol. The van der Waals surface area contributed by atoms with Crippen molar-refractivity contribution in [2.75, 3.05) is 0 Å². The summed E-state index contributed by atoms with van der Waals surface area (Å²) in [6.07, 6.45) is -1.35. The van der Waals surface area contributed by atoms with E-state index in [1.165, 1.54) is 36.5 Å². The van der Waals surface area contributed by atoms with Gasteiger partial charge in [-0.05, 0) is 31.2 Å². The first-order valence-electron chi connectivity index (χ1n) is 9.64. The summed E-state index contributed by atoms with van der Waals surface area (Å²) in [7, 11) is 0. The van der Waals surface area contributed by atoms with E-state index in [0.29, 0.717) is 10.7 Å². The number of amides is 1. The minimum absolute atomic E-state index is 0.0305. The molecule has 0 fully saturated rings. The molecule has 11 heteroatoms. The standard InChI is InChI=1S/C22H16F3N5O2S/c1-13-10-18(31)20(29-30(13)17-5-3-2-4-15(17)22(23,24)25)21(32)27-11-19-28-16(12-33-19)14-6-8-26-9-7-14/h2-10,12H,11H2,1H3,(H,27,32). The molecule has 0 atom stereocenters. The molecule has 0 saturated carbocycles. The van der Waals surface area contributed by atoms with Crippen LogP contribution in [0.4, 0.5) is 13.2 Å². The first-order valence-corrected chi connectivity index (χ1v) is 10.5. The Balaban J connectivity index is 1.59. The van der Waals surface area contributed by atoms with Gasteiger partial charge in [-0.2, -0.15) is 18.3 Å². The highest BCUT2D eigenvalue weighted by Crippen LogP contribution is 2.33. The molecule has 0 bridgehead atoms. The van der Waals surface area contributed by atoms with Crippen molar-refractivity contribution in [1.29, 1.82) is 0 Å². The summed E-state index contributed by atoms with van der Waals surface area (Å²) in [5, 5.41) is 8.92. The van der Waals surface area contributed by atoms with Crippen LogP contribution in [0.1, 0.15) is 26.8 Å².